The summed E-state index contributed by atoms with van der Waals surface area (Å²) in [5.74, 6) is 0.0306. The van der Waals surface area contributed by atoms with Gasteiger partial charge in [0.25, 0.3) is 0 Å². The highest BCUT2D eigenvalue weighted by molar-refractivity contribution is 5.86. The molecule has 1 unspecified atom stereocenters. The maximum Gasteiger partial charge on any atom is 0.233 e. The van der Waals surface area contributed by atoms with E-state index in [0.29, 0.717) is 13.1 Å². The Balaban J connectivity index is 1.92. The van der Waals surface area contributed by atoms with Gasteiger partial charge in [-0.25, -0.2) is 0 Å². The fourth-order valence-corrected chi connectivity index (χ4v) is 3.08. The SMILES string of the molecule is CCCNC(=O)CNC(c1ccccc1)c1cccc2ccccc12. The van der Waals surface area contributed by atoms with Gasteiger partial charge in [0.1, 0.15) is 0 Å². The lowest BCUT2D eigenvalue weighted by atomic mass is 9.93. The van der Waals surface area contributed by atoms with E-state index in [1.54, 1.807) is 0 Å². The molecule has 0 aliphatic heterocycles. The molecule has 3 rings (SSSR count). The third-order valence-corrected chi connectivity index (χ3v) is 4.31. The molecular formula is C22H24N2O. The van der Waals surface area contributed by atoms with Crippen LogP contribution in [0.3, 0.4) is 0 Å². The van der Waals surface area contributed by atoms with Gasteiger partial charge in [0.2, 0.25) is 5.91 Å². The molecule has 1 atom stereocenters. The maximum atomic E-state index is 12.1. The normalized spacial score (nSPS) is 12.0. The van der Waals surface area contributed by atoms with Crippen LogP contribution in [0.25, 0.3) is 10.8 Å². The van der Waals surface area contributed by atoms with Crippen molar-refractivity contribution in [3.05, 3.63) is 83.9 Å². The first-order chi connectivity index (χ1) is 12.3. The lowest BCUT2D eigenvalue weighted by Gasteiger charge is -2.21. The van der Waals surface area contributed by atoms with Crippen molar-refractivity contribution in [3.8, 4) is 0 Å². The number of hydrogen-bond acceptors (Lipinski definition) is 2. The number of carbonyl (C=O) groups excluding carboxylic acids is 1. The Morgan fingerprint density at radius 1 is 0.920 bits per heavy atom. The van der Waals surface area contributed by atoms with E-state index in [1.807, 2.05) is 18.2 Å². The topological polar surface area (TPSA) is 41.1 Å². The molecule has 0 fully saturated rings. The Kier molecular flexibility index (Phi) is 5.81. The fraction of sp³-hybridized carbons (Fsp3) is 0.227. The Morgan fingerprint density at radius 3 is 2.44 bits per heavy atom. The van der Waals surface area contributed by atoms with Gasteiger partial charge in [0.05, 0.1) is 12.6 Å². The molecule has 25 heavy (non-hydrogen) atoms. The molecule has 0 aliphatic carbocycles. The highest BCUT2D eigenvalue weighted by atomic mass is 16.1. The quantitative estimate of drug-likeness (QED) is 0.685. The number of hydrogen-bond donors (Lipinski definition) is 2. The van der Waals surface area contributed by atoms with Gasteiger partial charge in [-0.2, -0.15) is 0 Å². The predicted octanol–water partition coefficient (Wildman–Crippen LogP) is 4.05. The monoisotopic (exact) mass is 332 g/mol. The molecule has 3 aromatic rings. The van der Waals surface area contributed by atoms with E-state index in [0.717, 1.165) is 12.0 Å². The van der Waals surface area contributed by atoms with Crippen molar-refractivity contribution >= 4 is 16.7 Å². The Hall–Kier alpha value is -2.65. The van der Waals surface area contributed by atoms with Crippen LogP contribution >= 0.6 is 0 Å². The third-order valence-electron chi connectivity index (χ3n) is 4.31. The Morgan fingerprint density at radius 2 is 1.64 bits per heavy atom. The smallest absolute Gasteiger partial charge is 0.233 e. The predicted molar refractivity (Wildman–Crippen MR) is 104 cm³/mol. The van der Waals surface area contributed by atoms with Crippen LogP contribution in [0.15, 0.2) is 72.8 Å². The van der Waals surface area contributed by atoms with Gasteiger partial charge in [-0.1, -0.05) is 79.7 Å². The molecule has 3 aromatic carbocycles. The molecule has 3 nitrogen and oxygen atoms in total. The largest absolute Gasteiger partial charge is 0.355 e. The molecule has 0 aliphatic rings. The number of carbonyl (C=O) groups is 1. The molecule has 0 aromatic heterocycles. The third kappa shape index (κ3) is 4.25. The molecule has 3 heteroatoms. The molecule has 2 N–H and O–H groups in total. The van der Waals surface area contributed by atoms with Crippen molar-refractivity contribution in [3.63, 3.8) is 0 Å². The lowest BCUT2D eigenvalue weighted by molar-refractivity contribution is -0.120. The van der Waals surface area contributed by atoms with Crippen molar-refractivity contribution in [2.75, 3.05) is 13.1 Å². The van der Waals surface area contributed by atoms with E-state index in [4.69, 9.17) is 0 Å². The molecule has 0 spiro atoms. The number of nitrogens with one attached hydrogen (secondary N) is 2. The average molecular weight is 332 g/mol. The van der Waals surface area contributed by atoms with Crippen LogP contribution in [-0.2, 0) is 4.79 Å². The number of benzene rings is 3. The van der Waals surface area contributed by atoms with Crippen molar-refractivity contribution in [2.45, 2.75) is 19.4 Å². The van der Waals surface area contributed by atoms with Crippen LogP contribution < -0.4 is 10.6 Å². The second kappa shape index (κ2) is 8.45. The molecule has 0 heterocycles. The average Bonchev–Trinajstić information content (AvgIpc) is 2.67. The highest BCUT2D eigenvalue weighted by Crippen LogP contribution is 2.28. The van der Waals surface area contributed by atoms with E-state index in [1.165, 1.54) is 16.3 Å². The first kappa shape index (κ1) is 17.2. The number of amides is 1. The molecule has 128 valence electrons. The van der Waals surface area contributed by atoms with E-state index >= 15 is 0 Å². The summed E-state index contributed by atoms with van der Waals surface area (Å²) < 4.78 is 0. The van der Waals surface area contributed by atoms with Crippen LogP contribution in [0.2, 0.25) is 0 Å². The first-order valence-electron chi connectivity index (χ1n) is 8.82. The molecule has 0 saturated carbocycles. The molecule has 0 bridgehead atoms. The van der Waals surface area contributed by atoms with Crippen LogP contribution in [0.5, 0.6) is 0 Å². The van der Waals surface area contributed by atoms with Gasteiger partial charge in [-0.15, -0.1) is 0 Å². The van der Waals surface area contributed by atoms with E-state index < -0.39 is 0 Å². The summed E-state index contributed by atoms with van der Waals surface area (Å²) in [5, 5.41) is 8.78. The van der Waals surface area contributed by atoms with Crippen molar-refractivity contribution in [2.24, 2.45) is 0 Å². The molecule has 1 amide bonds. The lowest BCUT2D eigenvalue weighted by Crippen LogP contribution is -2.36. The maximum absolute atomic E-state index is 12.1. The van der Waals surface area contributed by atoms with Crippen molar-refractivity contribution < 1.29 is 4.79 Å². The zero-order valence-electron chi connectivity index (χ0n) is 14.5. The Labute approximate surface area is 149 Å². The summed E-state index contributed by atoms with van der Waals surface area (Å²) in [6.07, 6.45) is 0.942. The summed E-state index contributed by atoms with van der Waals surface area (Å²) in [6.45, 7) is 3.06. The van der Waals surface area contributed by atoms with Gasteiger partial charge < -0.3 is 5.32 Å². The van der Waals surface area contributed by atoms with Crippen molar-refractivity contribution in [1.29, 1.82) is 0 Å². The molecule has 0 saturated heterocycles. The first-order valence-corrected chi connectivity index (χ1v) is 8.82. The van der Waals surface area contributed by atoms with Crippen LogP contribution in [0.1, 0.15) is 30.5 Å². The van der Waals surface area contributed by atoms with Crippen LogP contribution in [-0.4, -0.2) is 19.0 Å². The van der Waals surface area contributed by atoms with E-state index in [2.05, 4.69) is 72.2 Å². The summed E-state index contributed by atoms with van der Waals surface area (Å²) in [4.78, 5) is 12.1. The van der Waals surface area contributed by atoms with Gasteiger partial charge in [-0.05, 0) is 28.3 Å². The fourth-order valence-electron chi connectivity index (χ4n) is 3.08. The minimum Gasteiger partial charge on any atom is -0.355 e. The second-order valence-corrected chi connectivity index (χ2v) is 6.14. The molecular weight excluding hydrogens is 308 g/mol. The number of fused-ring (bicyclic) bond motifs is 1. The van der Waals surface area contributed by atoms with Gasteiger partial charge >= 0.3 is 0 Å². The van der Waals surface area contributed by atoms with Gasteiger partial charge in [-0.3, -0.25) is 10.1 Å². The van der Waals surface area contributed by atoms with E-state index in [-0.39, 0.29) is 11.9 Å². The summed E-state index contributed by atoms with van der Waals surface area (Å²) >= 11 is 0. The van der Waals surface area contributed by atoms with Gasteiger partial charge in [0, 0.05) is 6.54 Å². The van der Waals surface area contributed by atoms with Crippen LogP contribution in [0.4, 0.5) is 0 Å². The number of rotatable bonds is 7. The highest BCUT2D eigenvalue weighted by Gasteiger charge is 2.17. The molecule has 0 radical (unpaired) electrons. The zero-order valence-corrected chi connectivity index (χ0v) is 14.5. The summed E-state index contributed by atoms with van der Waals surface area (Å²) in [6, 6.07) is 25.0. The summed E-state index contributed by atoms with van der Waals surface area (Å²) in [7, 11) is 0. The van der Waals surface area contributed by atoms with Crippen molar-refractivity contribution in [1.82, 2.24) is 10.6 Å². The Bertz CT molecular complexity index is 824. The summed E-state index contributed by atoms with van der Waals surface area (Å²) in [5.41, 5.74) is 2.34. The zero-order chi connectivity index (χ0) is 17.5. The van der Waals surface area contributed by atoms with Gasteiger partial charge in [0.15, 0.2) is 0 Å². The minimum absolute atomic E-state index is 0.0281. The standard InChI is InChI=1S/C22H24N2O/c1-2-15-23-21(25)16-24-22(18-10-4-3-5-11-18)20-14-8-12-17-9-6-7-13-19(17)20/h3-14,22,24H,2,15-16H2,1H3,(H,23,25). The minimum atomic E-state index is -0.0281. The second-order valence-electron chi connectivity index (χ2n) is 6.14. The van der Waals surface area contributed by atoms with E-state index in [9.17, 15) is 4.79 Å². The van der Waals surface area contributed by atoms with Crippen LogP contribution in [0, 0.1) is 0 Å².